The lowest BCUT2D eigenvalue weighted by Crippen LogP contribution is -2.48. The van der Waals surface area contributed by atoms with E-state index in [9.17, 15) is 4.79 Å². The van der Waals surface area contributed by atoms with Crippen molar-refractivity contribution in [2.75, 3.05) is 28.2 Å². The topological polar surface area (TPSA) is 61.4 Å². The van der Waals surface area contributed by atoms with Crippen LogP contribution in [0.5, 0.6) is 0 Å². The molecule has 1 saturated heterocycles. The lowest BCUT2D eigenvalue weighted by atomic mass is 10.1. The number of amides is 2. The van der Waals surface area contributed by atoms with Gasteiger partial charge in [-0.25, -0.2) is 14.8 Å². The summed E-state index contributed by atoms with van der Waals surface area (Å²) in [4.78, 5) is 26.2. The molecule has 4 heterocycles. The molecule has 8 heteroatoms. The maximum Gasteiger partial charge on any atom is 0.329 e. The van der Waals surface area contributed by atoms with Crippen LogP contribution in [0.25, 0.3) is 11.3 Å². The van der Waals surface area contributed by atoms with Crippen molar-refractivity contribution in [2.45, 2.75) is 12.5 Å². The predicted molar refractivity (Wildman–Crippen MR) is 116 cm³/mol. The van der Waals surface area contributed by atoms with Crippen LogP contribution in [0.4, 0.5) is 22.1 Å². The average Bonchev–Trinajstić information content (AvgIpc) is 3.15. The van der Waals surface area contributed by atoms with E-state index in [1.165, 1.54) is 0 Å². The summed E-state index contributed by atoms with van der Waals surface area (Å²) in [5.41, 5.74) is 2.54. The van der Waals surface area contributed by atoms with Gasteiger partial charge in [0, 0.05) is 24.8 Å². The van der Waals surface area contributed by atoms with Gasteiger partial charge in [-0.2, -0.15) is 0 Å². The number of rotatable bonds is 2. The molecule has 6 nitrogen and oxygen atoms in total. The number of nitrogens with one attached hydrogen (secondary N) is 1. The number of aromatic nitrogens is 2. The molecular weight excluding hydrogens is 409 g/mol. The molecule has 0 unspecified atom stereocenters. The van der Waals surface area contributed by atoms with Crippen LogP contribution in [0, 0.1) is 0 Å². The monoisotopic (exact) mass is 425 g/mol. The van der Waals surface area contributed by atoms with E-state index >= 15 is 0 Å². The van der Waals surface area contributed by atoms with Gasteiger partial charge < -0.3 is 4.90 Å². The molecule has 2 aliphatic rings. The van der Waals surface area contributed by atoms with Gasteiger partial charge in [0.15, 0.2) is 5.82 Å². The Morgan fingerprint density at radius 1 is 1.10 bits per heavy atom. The van der Waals surface area contributed by atoms with Gasteiger partial charge in [0.25, 0.3) is 0 Å². The number of halogens is 2. The third-order valence-electron chi connectivity index (χ3n) is 5.29. The molecular formula is C21H17Cl2N5O. The zero-order valence-corrected chi connectivity index (χ0v) is 16.9. The van der Waals surface area contributed by atoms with Gasteiger partial charge >= 0.3 is 6.03 Å². The fourth-order valence-corrected chi connectivity index (χ4v) is 4.19. The highest BCUT2D eigenvalue weighted by Gasteiger charge is 2.40. The van der Waals surface area contributed by atoms with Crippen molar-refractivity contribution in [3.05, 3.63) is 64.8 Å². The number of hydrogen-bond acceptors (Lipinski definition) is 4. The molecule has 1 N–H and O–H groups in total. The molecule has 2 amide bonds. The first-order valence-electron chi connectivity index (χ1n) is 9.33. The summed E-state index contributed by atoms with van der Waals surface area (Å²) in [6, 6.07) is 14.6. The summed E-state index contributed by atoms with van der Waals surface area (Å²) in [6.07, 6.45) is 2.55. The average molecular weight is 426 g/mol. The minimum Gasteiger partial charge on any atom is -0.366 e. The number of fused-ring (bicyclic) bond motifs is 4. The van der Waals surface area contributed by atoms with Crippen molar-refractivity contribution in [1.82, 2.24) is 9.97 Å². The fraction of sp³-hybridized carbons (Fsp3) is 0.190. The normalized spacial score (nSPS) is 17.2. The second kappa shape index (κ2) is 7.21. The Morgan fingerprint density at radius 2 is 2.00 bits per heavy atom. The molecule has 2 bridgehead atoms. The Kier molecular flexibility index (Phi) is 4.53. The van der Waals surface area contributed by atoms with Crippen LogP contribution in [0.3, 0.4) is 0 Å². The van der Waals surface area contributed by atoms with E-state index in [-0.39, 0.29) is 12.1 Å². The van der Waals surface area contributed by atoms with Crippen LogP contribution in [0.15, 0.2) is 54.7 Å². The number of urea groups is 1. The molecule has 0 aliphatic carbocycles. The number of carbonyl (C=O) groups is 1. The van der Waals surface area contributed by atoms with Crippen LogP contribution in [-0.2, 0) is 0 Å². The fourth-order valence-electron chi connectivity index (χ4n) is 3.89. The number of anilines is 3. The van der Waals surface area contributed by atoms with Crippen molar-refractivity contribution < 1.29 is 4.79 Å². The second-order valence-electron chi connectivity index (χ2n) is 7.07. The third kappa shape index (κ3) is 3.28. The van der Waals surface area contributed by atoms with E-state index in [2.05, 4.69) is 15.2 Å². The summed E-state index contributed by atoms with van der Waals surface area (Å²) in [7, 11) is 0. The molecule has 0 spiro atoms. The molecule has 3 aromatic rings. The summed E-state index contributed by atoms with van der Waals surface area (Å²) in [5.74, 6) is 1.16. The number of nitrogens with zero attached hydrogens (tertiary/aromatic N) is 4. The number of carbonyl (C=O) groups excluding carboxylic acids is 1. The van der Waals surface area contributed by atoms with Crippen LogP contribution >= 0.6 is 23.2 Å². The first-order valence-corrected chi connectivity index (χ1v) is 10.1. The van der Waals surface area contributed by atoms with E-state index in [1.807, 2.05) is 30.3 Å². The minimum absolute atomic E-state index is 0.0720. The highest BCUT2D eigenvalue weighted by atomic mass is 35.5. The Balaban J connectivity index is 1.54. The van der Waals surface area contributed by atoms with Crippen molar-refractivity contribution >= 4 is 46.6 Å². The predicted octanol–water partition coefficient (Wildman–Crippen LogP) is 5.08. The smallest absolute Gasteiger partial charge is 0.329 e. The quantitative estimate of drug-likeness (QED) is 0.621. The van der Waals surface area contributed by atoms with Crippen molar-refractivity contribution in [1.29, 1.82) is 0 Å². The molecule has 29 heavy (non-hydrogen) atoms. The molecule has 1 atom stereocenters. The van der Waals surface area contributed by atoms with E-state index in [4.69, 9.17) is 28.2 Å². The van der Waals surface area contributed by atoms with Gasteiger partial charge in [-0.15, -0.1) is 0 Å². The van der Waals surface area contributed by atoms with Gasteiger partial charge in [-0.3, -0.25) is 10.2 Å². The van der Waals surface area contributed by atoms with Crippen LogP contribution < -0.4 is 15.1 Å². The molecule has 1 fully saturated rings. The first-order chi connectivity index (χ1) is 14.1. The van der Waals surface area contributed by atoms with Crippen LogP contribution in [0.2, 0.25) is 10.0 Å². The Labute approximate surface area is 178 Å². The van der Waals surface area contributed by atoms with E-state index < -0.39 is 0 Å². The lowest BCUT2D eigenvalue weighted by Gasteiger charge is -2.35. The minimum atomic E-state index is -0.227. The van der Waals surface area contributed by atoms with Gasteiger partial charge in [0.05, 0.1) is 27.5 Å². The highest BCUT2D eigenvalue weighted by molar-refractivity contribution is 6.42. The lowest BCUT2D eigenvalue weighted by molar-refractivity contribution is 0.254. The summed E-state index contributed by atoms with van der Waals surface area (Å²) in [5, 5.41) is 3.85. The first kappa shape index (κ1) is 18.2. The largest absolute Gasteiger partial charge is 0.366 e. The summed E-state index contributed by atoms with van der Waals surface area (Å²) >= 11 is 12.2. The Bertz CT molecular complexity index is 1090. The molecule has 1 aromatic carbocycles. The molecule has 5 rings (SSSR count). The maximum atomic E-state index is 13.1. The van der Waals surface area contributed by atoms with Gasteiger partial charge in [0.1, 0.15) is 5.82 Å². The van der Waals surface area contributed by atoms with Crippen molar-refractivity contribution in [3.63, 3.8) is 0 Å². The third-order valence-corrected chi connectivity index (χ3v) is 6.03. The summed E-state index contributed by atoms with van der Waals surface area (Å²) < 4.78 is 0. The molecule has 0 saturated carbocycles. The second-order valence-corrected chi connectivity index (χ2v) is 7.89. The molecule has 2 aromatic heterocycles. The maximum absolute atomic E-state index is 13.1. The molecule has 2 aliphatic heterocycles. The standard InChI is InChI=1S/C21H17Cl2N5O/c22-15-5-4-13(11-16(15)23)17-6-7-18-20(25-17)28(14-8-10-27(18)12-14)21(29)26-19-3-1-2-9-24-19/h1-7,9,11,14H,8,10,12H2,(H,24,26,29)/t14-/m0/s1. The number of hydrogen-bond donors (Lipinski definition) is 1. The van der Waals surface area contributed by atoms with Gasteiger partial charge in [-0.05, 0) is 42.8 Å². The van der Waals surface area contributed by atoms with Crippen molar-refractivity contribution in [3.8, 4) is 11.3 Å². The zero-order valence-electron chi connectivity index (χ0n) is 15.3. The SMILES string of the molecule is O=C(Nc1ccccn1)N1c2nc(-c3ccc(Cl)c(Cl)c3)ccc2N2CC[C@H]1C2. The zero-order chi connectivity index (χ0) is 20.0. The van der Waals surface area contributed by atoms with Crippen LogP contribution in [-0.4, -0.2) is 35.1 Å². The highest BCUT2D eigenvalue weighted by Crippen LogP contribution is 2.40. The number of benzene rings is 1. The number of pyridine rings is 2. The van der Waals surface area contributed by atoms with Gasteiger partial charge in [0.2, 0.25) is 0 Å². The molecule has 146 valence electrons. The Morgan fingerprint density at radius 3 is 2.79 bits per heavy atom. The van der Waals surface area contributed by atoms with Crippen molar-refractivity contribution in [2.24, 2.45) is 0 Å². The van der Waals surface area contributed by atoms with E-state index in [0.29, 0.717) is 21.7 Å². The Hall–Kier alpha value is -2.83. The van der Waals surface area contributed by atoms with E-state index in [0.717, 1.165) is 36.5 Å². The van der Waals surface area contributed by atoms with Crippen LogP contribution in [0.1, 0.15) is 6.42 Å². The van der Waals surface area contributed by atoms with E-state index in [1.54, 1.807) is 29.3 Å². The summed E-state index contributed by atoms with van der Waals surface area (Å²) in [6.45, 7) is 1.70. The molecule has 0 radical (unpaired) electrons. The van der Waals surface area contributed by atoms with Gasteiger partial charge in [-0.1, -0.05) is 35.3 Å².